The molecule has 0 radical (unpaired) electrons. The van der Waals surface area contributed by atoms with Gasteiger partial charge in [-0.15, -0.1) is 0 Å². The first kappa shape index (κ1) is 14.9. The molecule has 2 aliphatic heterocycles. The van der Waals surface area contributed by atoms with Crippen LogP contribution >= 0.6 is 0 Å². The second-order valence-corrected chi connectivity index (χ2v) is 7.58. The second-order valence-electron chi connectivity index (χ2n) is 7.58. The lowest BCUT2D eigenvalue weighted by Crippen LogP contribution is -2.57. The number of piperidine rings is 1. The summed E-state index contributed by atoms with van der Waals surface area (Å²) in [5.41, 5.74) is 3.98. The highest BCUT2D eigenvalue weighted by molar-refractivity contribution is 5.63. The minimum Gasteiger partial charge on any atom is -0.393 e. The summed E-state index contributed by atoms with van der Waals surface area (Å²) < 4.78 is 1.13. The number of fused-ring (bicyclic) bond motifs is 2. The Morgan fingerprint density at radius 1 is 0.870 bits per heavy atom. The van der Waals surface area contributed by atoms with Crippen LogP contribution in [0.5, 0.6) is 0 Å². The van der Waals surface area contributed by atoms with E-state index in [1.54, 1.807) is 0 Å². The van der Waals surface area contributed by atoms with Gasteiger partial charge in [0.1, 0.15) is 6.54 Å². The number of hydrogen-bond acceptors (Lipinski definition) is 1. The van der Waals surface area contributed by atoms with Gasteiger partial charge in [-0.2, -0.15) is 0 Å². The fourth-order valence-corrected chi connectivity index (χ4v) is 4.80. The van der Waals surface area contributed by atoms with Crippen LogP contribution in [0.1, 0.15) is 31.2 Å². The number of nitrogens with zero attached hydrogens (tertiary/aromatic N) is 1. The summed E-state index contributed by atoms with van der Waals surface area (Å²) in [5, 5.41) is 10.0. The highest BCUT2D eigenvalue weighted by atomic mass is 16.3. The van der Waals surface area contributed by atoms with Gasteiger partial charge < -0.3 is 9.59 Å². The molecule has 4 rings (SSSR count). The first-order chi connectivity index (χ1) is 11.1. The van der Waals surface area contributed by atoms with E-state index in [0.717, 1.165) is 23.9 Å². The molecule has 120 valence electrons. The zero-order valence-corrected chi connectivity index (χ0v) is 13.9. The largest absolute Gasteiger partial charge is 0.393 e. The van der Waals surface area contributed by atoms with Gasteiger partial charge in [0.2, 0.25) is 0 Å². The number of aliphatic hydroxyl groups excluding tert-OH is 1. The summed E-state index contributed by atoms with van der Waals surface area (Å²) in [7, 11) is 2.40. The summed E-state index contributed by atoms with van der Waals surface area (Å²) in [6.45, 7) is 1.09. The van der Waals surface area contributed by atoms with Crippen LogP contribution in [-0.2, 0) is 6.54 Å². The fourth-order valence-electron chi connectivity index (χ4n) is 4.80. The van der Waals surface area contributed by atoms with Crippen molar-refractivity contribution in [1.29, 1.82) is 0 Å². The molecule has 1 N–H and O–H groups in total. The van der Waals surface area contributed by atoms with Gasteiger partial charge in [-0.1, -0.05) is 54.6 Å². The van der Waals surface area contributed by atoms with E-state index < -0.39 is 0 Å². The molecule has 2 aromatic rings. The van der Waals surface area contributed by atoms with Crippen molar-refractivity contribution in [3.05, 3.63) is 60.2 Å². The van der Waals surface area contributed by atoms with Gasteiger partial charge in [-0.3, -0.25) is 0 Å². The summed E-state index contributed by atoms with van der Waals surface area (Å²) in [4.78, 5) is 0. The molecule has 2 fully saturated rings. The van der Waals surface area contributed by atoms with Crippen LogP contribution in [0.4, 0.5) is 0 Å². The average molecular weight is 308 g/mol. The van der Waals surface area contributed by atoms with E-state index in [0.29, 0.717) is 12.1 Å². The van der Waals surface area contributed by atoms with Gasteiger partial charge >= 0.3 is 0 Å². The summed E-state index contributed by atoms with van der Waals surface area (Å²) in [6, 6.07) is 20.9. The fraction of sp³-hybridized carbons (Fsp3) is 0.429. The minimum absolute atomic E-state index is 0.0702. The lowest BCUT2D eigenvalue weighted by molar-refractivity contribution is -0.961. The Morgan fingerprint density at radius 2 is 1.43 bits per heavy atom. The predicted octanol–water partition coefficient (Wildman–Crippen LogP) is 3.99. The van der Waals surface area contributed by atoms with E-state index in [4.69, 9.17) is 0 Å². The van der Waals surface area contributed by atoms with Crippen LogP contribution in [0.3, 0.4) is 0 Å². The molecule has 2 aromatic carbocycles. The third kappa shape index (κ3) is 2.71. The molecule has 2 heteroatoms. The number of hydrogen-bond donors (Lipinski definition) is 1. The maximum Gasteiger partial charge on any atom is 0.105 e. The van der Waals surface area contributed by atoms with Crippen LogP contribution in [-0.4, -0.2) is 34.8 Å². The number of quaternary nitrogens is 1. The molecule has 2 heterocycles. The molecular weight excluding hydrogens is 282 g/mol. The summed E-state index contributed by atoms with van der Waals surface area (Å²) >= 11 is 0. The third-order valence-electron chi connectivity index (χ3n) is 6.17. The molecular formula is C21H26NO+. The number of aliphatic hydroxyl groups is 1. The van der Waals surface area contributed by atoms with E-state index in [1.165, 1.54) is 29.5 Å². The van der Waals surface area contributed by atoms with Gasteiger partial charge in [0.25, 0.3) is 0 Å². The van der Waals surface area contributed by atoms with Crippen molar-refractivity contribution < 1.29 is 9.59 Å². The maximum atomic E-state index is 10.0. The molecule has 2 nitrogen and oxygen atoms in total. The van der Waals surface area contributed by atoms with Crippen molar-refractivity contribution >= 4 is 0 Å². The van der Waals surface area contributed by atoms with Crippen LogP contribution < -0.4 is 0 Å². The van der Waals surface area contributed by atoms with Crippen molar-refractivity contribution in [2.45, 2.75) is 50.4 Å². The SMILES string of the molecule is C[N+]1(Cc2ccc(-c3ccccc3)cc2)C2CCC1CC(O)C2. The first-order valence-electron chi connectivity index (χ1n) is 8.82. The molecule has 2 aliphatic rings. The van der Waals surface area contributed by atoms with Crippen LogP contribution in [0, 0.1) is 0 Å². The standard InChI is InChI=1S/C21H26NO/c1-22(19-11-12-20(22)14-21(23)13-19)15-16-7-9-18(10-8-16)17-5-3-2-4-6-17/h2-10,19-21,23H,11-15H2,1H3/q+1. The molecule has 0 amide bonds. The van der Waals surface area contributed by atoms with Gasteiger partial charge in [0.15, 0.2) is 0 Å². The lowest BCUT2D eigenvalue weighted by Gasteiger charge is -2.46. The molecule has 23 heavy (non-hydrogen) atoms. The Balaban J connectivity index is 1.54. The molecule has 0 aliphatic carbocycles. The Labute approximate surface area is 139 Å². The van der Waals surface area contributed by atoms with E-state index in [-0.39, 0.29) is 6.10 Å². The summed E-state index contributed by atoms with van der Waals surface area (Å²) in [6.07, 6.45) is 4.45. The first-order valence-corrected chi connectivity index (χ1v) is 8.82. The van der Waals surface area contributed by atoms with Crippen molar-refractivity contribution in [1.82, 2.24) is 0 Å². The Morgan fingerprint density at radius 3 is 2.04 bits per heavy atom. The summed E-state index contributed by atoms with van der Waals surface area (Å²) in [5.74, 6) is 0. The molecule has 2 unspecified atom stereocenters. The zero-order valence-electron chi connectivity index (χ0n) is 13.9. The molecule has 0 saturated carbocycles. The van der Waals surface area contributed by atoms with E-state index in [9.17, 15) is 5.11 Å². The van der Waals surface area contributed by atoms with Gasteiger partial charge in [-0.05, 0) is 11.1 Å². The molecule has 2 bridgehead atoms. The highest BCUT2D eigenvalue weighted by Crippen LogP contribution is 2.42. The lowest BCUT2D eigenvalue weighted by atomic mass is 9.95. The Kier molecular flexibility index (Phi) is 3.74. The zero-order chi connectivity index (χ0) is 15.9. The highest BCUT2D eigenvalue weighted by Gasteiger charge is 2.50. The van der Waals surface area contributed by atoms with Crippen LogP contribution in [0.25, 0.3) is 11.1 Å². The number of rotatable bonds is 3. The predicted molar refractivity (Wildman–Crippen MR) is 93.8 cm³/mol. The normalized spacial score (nSPS) is 32.9. The van der Waals surface area contributed by atoms with Crippen molar-refractivity contribution in [2.24, 2.45) is 0 Å². The molecule has 2 saturated heterocycles. The quantitative estimate of drug-likeness (QED) is 0.850. The topological polar surface area (TPSA) is 20.2 Å². The molecule has 0 aromatic heterocycles. The smallest absolute Gasteiger partial charge is 0.105 e. The molecule has 0 spiro atoms. The Bertz CT molecular complexity index is 650. The third-order valence-corrected chi connectivity index (χ3v) is 6.17. The second kappa shape index (κ2) is 5.77. The van der Waals surface area contributed by atoms with Crippen LogP contribution in [0.15, 0.2) is 54.6 Å². The van der Waals surface area contributed by atoms with Gasteiger partial charge in [0.05, 0.1) is 25.2 Å². The monoisotopic (exact) mass is 308 g/mol. The minimum atomic E-state index is -0.0702. The van der Waals surface area contributed by atoms with Gasteiger partial charge in [0, 0.05) is 31.2 Å². The molecule has 2 atom stereocenters. The van der Waals surface area contributed by atoms with E-state index >= 15 is 0 Å². The van der Waals surface area contributed by atoms with Crippen LogP contribution in [0.2, 0.25) is 0 Å². The maximum absolute atomic E-state index is 10.0. The average Bonchev–Trinajstić information content (AvgIpc) is 2.75. The van der Waals surface area contributed by atoms with E-state index in [2.05, 4.69) is 61.6 Å². The van der Waals surface area contributed by atoms with Gasteiger partial charge in [-0.25, -0.2) is 0 Å². The Hall–Kier alpha value is -1.64. The number of benzene rings is 2. The van der Waals surface area contributed by atoms with Crippen molar-refractivity contribution in [3.8, 4) is 11.1 Å². The van der Waals surface area contributed by atoms with E-state index in [1.807, 2.05) is 0 Å². The van der Waals surface area contributed by atoms with Crippen molar-refractivity contribution in [3.63, 3.8) is 0 Å². The van der Waals surface area contributed by atoms with Crippen molar-refractivity contribution in [2.75, 3.05) is 7.05 Å².